The Morgan fingerprint density at radius 1 is 0.971 bits per heavy atom. The molecule has 6 nitrogen and oxygen atoms in total. The lowest BCUT2D eigenvalue weighted by molar-refractivity contribution is -0.140. The maximum Gasteiger partial charge on any atom is 0.295 e. The van der Waals surface area contributed by atoms with E-state index in [1.807, 2.05) is 57.2 Å². The second kappa shape index (κ2) is 10.1. The van der Waals surface area contributed by atoms with Gasteiger partial charge in [0.1, 0.15) is 17.3 Å². The van der Waals surface area contributed by atoms with Crippen LogP contribution in [0.3, 0.4) is 0 Å². The number of carbonyl (C=O) groups excluding carboxylic acids is 2. The van der Waals surface area contributed by atoms with Gasteiger partial charge in [-0.2, -0.15) is 0 Å². The van der Waals surface area contributed by atoms with Crippen LogP contribution >= 0.6 is 0 Å². The van der Waals surface area contributed by atoms with Crippen LogP contribution in [0.4, 0.5) is 0 Å². The summed E-state index contributed by atoms with van der Waals surface area (Å²) in [6, 6.07) is 19.5. The van der Waals surface area contributed by atoms with E-state index >= 15 is 0 Å². The van der Waals surface area contributed by atoms with Gasteiger partial charge in [0, 0.05) is 12.1 Å². The molecule has 0 saturated carbocycles. The number of ether oxygens (including phenoxy) is 2. The van der Waals surface area contributed by atoms with Gasteiger partial charge in [0.25, 0.3) is 11.7 Å². The highest BCUT2D eigenvalue weighted by atomic mass is 16.5. The number of hydrogen-bond acceptors (Lipinski definition) is 5. The third-order valence-electron chi connectivity index (χ3n) is 6.19. The fraction of sp³-hybridized carbons (Fsp3) is 0.241. The second-order valence-electron chi connectivity index (χ2n) is 8.60. The van der Waals surface area contributed by atoms with E-state index in [4.69, 9.17) is 9.47 Å². The highest BCUT2D eigenvalue weighted by Crippen LogP contribution is 2.41. The van der Waals surface area contributed by atoms with Crippen LogP contribution in [-0.2, 0) is 16.1 Å². The molecule has 1 aliphatic rings. The summed E-state index contributed by atoms with van der Waals surface area (Å²) in [4.78, 5) is 28.0. The lowest BCUT2D eigenvalue weighted by Crippen LogP contribution is -2.29. The van der Waals surface area contributed by atoms with Crippen LogP contribution in [0.5, 0.6) is 11.5 Å². The zero-order valence-corrected chi connectivity index (χ0v) is 20.4. The van der Waals surface area contributed by atoms with Crippen molar-refractivity contribution < 1.29 is 24.2 Å². The summed E-state index contributed by atoms with van der Waals surface area (Å²) >= 11 is 0. The minimum absolute atomic E-state index is 0.0656. The lowest BCUT2D eigenvalue weighted by Gasteiger charge is -2.25. The van der Waals surface area contributed by atoms with Crippen molar-refractivity contribution in [2.45, 2.75) is 33.4 Å². The molecule has 0 bridgehead atoms. The quantitative estimate of drug-likeness (QED) is 0.286. The molecule has 4 rings (SSSR count). The fourth-order valence-corrected chi connectivity index (χ4v) is 4.34. The number of methoxy groups -OCH3 is 1. The van der Waals surface area contributed by atoms with Crippen molar-refractivity contribution in [3.05, 3.63) is 100 Å². The first-order chi connectivity index (χ1) is 16.8. The van der Waals surface area contributed by atoms with E-state index in [0.717, 1.165) is 16.7 Å². The van der Waals surface area contributed by atoms with E-state index in [9.17, 15) is 14.7 Å². The molecule has 180 valence electrons. The maximum atomic E-state index is 13.3. The molecule has 6 heteroatoms. The van der Waals surface area contributed by atoms with E-state index in [0.29, 0.717) is 29.2 Å². The highest BCUT2D eigenvalue weighted by molar-refractivity contribution is 6.46. The number of benzene rings is 3. The molecule has 1 aliphatic heterocycles. The van der Waals surface area contributed by atoms with Gasteiger partial charge in [-0.1, -0.05) is 42.0 Å². The molecule has 1 N–H and O–H groups in total. The number of Topliss-reactive ketones (excluding diaryl/α,β-unsaturated/α-hetero) is 1. The Labute approximate surface area is 205 Å². The van der Waals surface area contributed by atoms with Crippen LogP contribution < -0.4 is 9.47 Å². The predicted molar refractivity (Wildman–Crippen MR) is 134 cm³/mol. The SMILES string of the molecule is CCOc1ccc(C(O)=C2C(=O)C(=O)N(Cc3ccc(C)cc3)[C@@H]2c2ccc(OC)cc2)cc1C. The summed E-state index contributed by atoms with van der Waals surface area (Å²) in [5, 5.41) is 11.3. The summed E-state index contributed by atoms with van der Waals surface area (Å²) in [5.74, 6) is -0.193. The largest absolute Gasteiger partial charge is 0.507 e. The lowest BCUT2D eigenvalue weighted by atomic mass is 9.94. The second-order valence-corrected chi connectivity index (χ2v) is 8.60. The topological polar surface area (TPSA) is 76.1 Å². The molecule has 1 saturated heterocycles. The number of carbonyl (C=O) groups is 2. The molecule has 0 radical (unpaired) electrons. The van der Waals surface area contributed by atoms with Crippen molar-refractivity contribution in [3.8, 4) is 11.5 Å². The van der Waals surface area contributed by atoms with Crippen molar-refractivity contribution in [3.63, 3.8) is 0 Å². The normalized spacial score (nSPS) is 17.0. The zero-order chi connectivity index (χ0) is 25.1. The minimum Gasteiger partial charge on any atom is -0.507 e. The van der Waals surface area contributed by atoms with E-state index in [1.165, 1.54) is 4.90 Å². The number of aliphatic hydroxyl groups excluding tert-OH is 1. The van der Waals surface area contributed by atoms with Crippen LogP contribution in [-0.4, -0.2) is 35.4 Å². The number of rotatable bonds is 7. The standard InChI is InChI=1S/C29H29NO5/c1-5-35-24-15-12-22(16-19(24)3)27(31)25-26(21-10-13-23(34-4)14-11-21)30(29(33)28(25)32)17-20-8-6-18(2)7-9-20/h6-16,26,31H,5,17H2,1-4H3/t26-/m1/s1. The Balaban J connectivity index is 1.83. The predicted octanol–water partition coefficient (Wildman–Crippen LogP) is 5.33. The number of ketones is 1. The summed E-state index contributed by atoms with van der Waals surface area (Å²) in [7, 11) is 1.58. The van der Waals surface area contributed by atoms with Gasteiger partial charge in [0.05, 0.1) is 25.3 Å². The maximum absolute atomic E-state index is 13.3. The molecular formula is C29H29NO5. The summed E-state index contributed by atoms with van der Waals surface area (Å²) < 4.78 is 10.9. The number of nitrogens with zero attached hydrogens (tertiary/aromatic N) is 1. The molecule has 0 aromatic heterocycles. The van der Waals surface area contributed by atoms with Crippen molar-refractivity contribution in [2.24, 2.45) is 0 Å². The first kappa shape index (κ1) is 24.1. The first-order valence-electron chi connectivity index (χ1n) is 11.6. The van der Waals surface area contributed by atoms with Crippen LogP contribution in [0.15, 0.2) is 72.3 Å². The fourth-order valence-electron chi connectivity index (χ4n) is 4.34. The number of aliphatic hydroxyl groups is 1. The van der Waals surface area contributed by atoms with E-state index < -0.39 is 17.7 Å². The van der Waals surface area contributed by atoms with Gasteiger partial charge in [-0.05, 0) is 67.8 Å². The van der Waals surface area contributed by atoms with Gasteiger partial charge in [0.2, 0.25) is 0 Å². The monoisotopic (exact) mass is 471 g/mol. The van der Waals surface area contributed by atoms with Crippen LogP contribution in [0.2, 0.25) is 0 Å². The molecule has 0 spiro atoms. The smallest absolute Gasteiger partial charge is 0.295 e. The van der Waals surface area contributed by atoms with Gasteiger partial charge in [-0.3, -0.25) is 9.59 Å². The van der Waals surface area contributed by atoms with E-state index in [-0.39, 0.29) is 17.9 Å². The van der Waals surface area contributed by atoms with Gasteiger partial charge in [-0.15, -0.1) is 0 Å². The van der Waals surface area contributed by atoms with Crippen molar-refractivity contribution in [1.29, 1.82) is 0 Å². The molecule has 1 fully saturated rings. The van der Waals surface area contributed by atoms with Crippen LogP contribution in [0.25, 0.3) is 5.76 Å². The third-order valence-corrected chi connectivity index (χ3v) is 6.19. The third kappa shape index (κ3) is 4.78. The average molecular weight is 472 g/mol. The van der Waals surface area contributed by atoms with E-state index in [1.54, 1.807) is 37.4 Å². The van der Waals surface area contributed by atoms with Crippen molar-refractivity contribution >= 4 is 17.4 Å². The molecule has 0 unspecified atom stereocenters. The summed E-state index contributed by atoms with van der Waals surface area (Å²) in [6.45, 7) is 6.52. The van der Waals surface area contributed by atoms with Gasteiger partial charge < -0.3 is 19.5 Å². The Morgan fingerprint density at radius 2 is 1.66 bits per heavy atom. The highest BCUT2D eigenvalue weighted by Gasteiger charge is 2.46. The van der Waals surface area contributed by atoms with E-state index in [2.05, 4.69) is 0 Å². The van der Waals surface area contributed by atoms with Crippen molar-refractivity contribution in [2.75, 3.05) is 13.7 Å². The molecule has 1 atom stereocenters. The van der Waals surface area contributed by atoms with Gasteiger partial charge in [0.15, 0.2) is 0 Å². The van der Waals surface area contributed by atoms with Crippen LogP contribution in [0.1, 0.15) is 40.8 Å². The van der Waals surface area contributed by atoms with Crippen LogP contribution in [0, 0.1) is 13.8 Å². The Bertz CT molecular complexity index is 1280. The molecule has 0 aliphatic carbocycles. The van der Waals surface area contributed by atoms with Gasteiger partial charge >= 0.3 is 0 Å². The average Bonchev–Trinajstić information content (AvgIpc) is 3.11. The molecule has 3 aromatic carbocycles. The number of aryl methyl sites for hydroxylation is 2. The number of hydrogen-bond donors (Lipinski definition) is 1. The van der Waals surface area contributed by atoms with Gasteiger partial charge in [-0.25, -0.2) is 0 Å². The molecule has 1 amide bonds. The summed E-state index contributed by atoms with van der Waals surface area (Å²) in [6.07, 6.45) is 0. The molecule has 35 heavy (non-hydrogen) atoms. The molecule has 3 aromatic rings. The number of likely N-dealkylation sites (tertiary alicyclic amines) is 1. The Morgan fingerprint density at radius 3 is 2.26 bits per heavy atom. The molecular weight excluding hydrogens is 442 g/mol. The zero-order valence-electron chi connectivity index (χ0n) is 20.4. The summed E-state index contributed by atoms with van der Waals surface area (Å²) in [5.41, 5.74) is 4.06. The number of amides is 1. The first-order valence-corrected chi connectivity index (χ1v) is 11.6. The minimum atomic E-state index is -0.742. The Kier molecular flexibility index (Phi) is 6.92. The Hall–Kier alpha value is -4.06. The molecule has 1 heterocycles. The van der Waals surface area contributed by atoms with Crippen molar-refractivity contribution in [1.82, 2.24) is 4.90 Å².